The molecule has 12 heteroatoms. The van der Waals surface area contributed by atoms with E-state index in [2.05, 4.69) is 20.5 Å². The van der Waals surface area contributed by atoms with Crippen molar-refractivity contribution in [1.29, 1.82) is 0 Å². The van der Waals surface area contributed by atoms with E-state index in [0.717, 1.165) is 11.3 Å². The van der Waals surface area contributed by atoms with Crippen molar-refractivity contribution in [1.82, 2.24) is 19.7 Å². The quantitative estimate of drug-likeness (QED) is 0.224. The average Bonchev–Trinajstić information content (AvgIpc) is 3.44. The van der Waals surface area contributed by atoms with Gasteiger partial charge in [-0.25, -0.2) is 4.98 Å². The van der Waals surface area contributed by atoms with Crippen molar-refractivity contribution in [3.63, 3.8) is 0 Å². The van der Waals surface area contributed by atoms with Gasteiger partial charge in [-0.05, 0) is 24.3 Å². The summed E-state index contributed by atoms with van der Waals surface area (Å²) in [5.74, 6) is 1.32. The third kappa shape index (κ3) is 5.18. The number of nitrogens with one attached hydrogen (secondary N) is 1. The van der Waals surface area contributed by atoms with E-state index in [-0.39, 0.29) is 17.3 Å². The number of carbonyl (C=O) groups excluding carboxylic acids is 1. The number of benzene rings is 2. The van der Waals surface area contributed by atoms with Gasteiger partial charge in [0.05, 0.1) is 23.5 Å². The lowest BCUT2D eigenvalue weighted by Crippen LogP contribution is -2.14. The standard InChI is InChI=1S/C21H18N6O4S2/c1-26-19(13-6-8-16(31-2)9-7-13)24-25-21(26)33-12-18(28)23-20-22-17(11-32-20)14-4-3-5-15(10-14)27(29)30/h3-11H,12H2,1-2H3,(H,22,23,28). The van der Waals surface area contributed by atoms with Gasteiger partial charge in [0.15, 0.2) is 16.1 Å². The Bertz CT molecular complexity index is 1300. The number of thiazole rings is 1. The van der Waals surface area contributed by atoms with E-state index in [0.29, 0.717) is 27.4 Å². The molecule has 0 fully saturated rings. The van der Waals surface area contributed by atoms with Gasteiger partial charge in [-0.1, -0.05) is 23.9 Å². The predicted molar refractivity (Wildman–Crippen MR) is 127 cm³/mol. The highest BCUT2D eigenvalue weighted by atomic mass is 32.2. The normalized spacial score (nSPS) is 10.7. The first-order valence-corrected chi connectivity index (χ1v) is 11.5. The van der Waals surface area contributed by atoms with Crippen molar-refractivity contribution in [2.75, 3.05) is 18.2 Å². The molecule has 0 unspecified atom stereocenters. The Balaban J connectivity index is 1.37. The van der Waals surface area contributed by atoms with Crippen LogP contribution in [0.2, 0.25) is 0 Å². The number of ether oxygens (including phenoxy) is 1. The summed E-state index contributed by atoms with van der Waals surface area (Å²) in [6.45, 7) is 0. The molecule has 0 bridgehead atoms. The molecule has 4 rings (SSSR count). The topological polar surface area (TPSA) is 125 Å². The molecule has 4 aromatic rings. The third-order valence-corrected chi connectivity index (χ3v) is 6.40. The minimum absolute atomic E-state index is 0.0137. The Morgan fingerprint density at radius 2 is 2.00 bits per heavy atom. The van der Waals surface area contributed by atoms with Gasteiger partial charge in [-0.15, -0.1) is 21.5 Å². The van der Waals surface area contributed by atoms with Crippen LogP contribution in [0.5, 0.6) is 5.75 Å². The molecular weight excluding hydrogens is 464 g/mol. The van der Waals surface area contributed by atoms with Crippen LogP contribution in [0.3, 0.4) is 0 Å². The summed E-state index contributed by atoms with van der Waals surface area (Å²) in [6, 6.07) is 13.7. The largest absolute Gasteiger partial charge is 0.497 e. The van der Waals surface area contributed by atoms with Crippen LogP contribution in [-0.4, -0.2) is 43.4 Å². The maximum atomic E-state index is 12.4. The van der Waals surface area contributed by atoms with Crippen LogP contribution < -0.4 is 10.1 Å². The van der Waals surface area contributed by atoms with E-state index in [1.807, 2.05) is 35.9 Å². The van der Waals surface area contributed by atoms with E-state index in [1.165, 1.54) is 35.2 Å². The van der Waals surface area contributed by atoms with Gasteiger partial charge >= 0.3 is 0 Å². The number of nitro benzene ring substituents is 1. The van der Waals surface area contributed by atoms with Crippen molar-refractivity contribution < 1.29 is 14.5 Å². The number of anilines is 1. The van der Waals surface area contributed by atoms with Gasteiger partial charge in [-0.3, -0.25) is 14.9 Å². The number of hydrogen-bond donors (Lipinski definition) is 1. The van der Waals surface area contributed by atoms with E-state index in [9.17, 15) is 14.9 Å². The van der Waals surface area contributed by atoms with E-state index in [4.69, 9.17) is 4.74 Å². The number of carbonyl (C=O) groups is 1. The lowest BCUT2D eigenvalue weighted by molar-refractivity contribution is -0.384. The number of amides is 1. The highest BCUT2D eigenvalue weighted by Gasteiger charge is 2.15. The van der Waals surface area contributed by atoms with Crippen LogP contribution in [0.15, 0.2) is 59.1 Å². The van der Waals surface area contributed by atoms with E-state index < -0.39 is 4.92 Å². The summed E-state index contributed by atoms with van der Waals surface area (Å²) in [5.41, 5.74) is 2.04. The van der Waals surface area contributed by atoms with Crippen LogP contribution >= 0.6 is 23.1 Å². The highest BCUT2D eigenvalue weighted by Crippen LogP contribution is 2.28. The molecule has 0 aliphatic carbocycles. The zero-order valence-corrected chi connectivity index (χ0v) is 19.2. The molecule has 10 nitrogen and oxygen atoms in total. The molecule has 0 radical (unpaired) electrons. The Morgan fingerprint density at radius 1 is 1.21 bits per heavy atom. The summed E-state index contributed by atoms with van der Waals surface area (Å²) in [6.07, 6.45) is 0. The Hall–Kier alpha value is -3.77. The molecule has 2 aromatic carbocycles. The fraction of sp³-hybridized carbons (Fsp3) is 0.143. The van der Waals surface area contributed by atoms with Crippen LogP contribution in [0.25, 0.3) is 22.6 Å². The number of aromatic nitrogens is 4. The SMILES string of the molecule is COc1ccc(-c2nnc(SCC(=O)Nc3nc(-c4cccc([N+](=O)[O-])c4)cs3)n2C)cc1. The number of thioether (sulfide) groups is 1. The molecule has 0 spiro atoms. The molecule has 0 aliphatic heterocycles. The molecule has 1 amide bonds. The Morgan fingerprint density at radius 3 is 2.73 bits per heavy atom. The van der Waals surface area contributed by atoms with Crippen molar-refractivity contribution in [2.45, 2.75) is 5.16 Å². The number of non-ortho nitro benzene ring substituents is 1. The van der Waals surface area contributed by atoms with Gasteiger partial charge in [0.1, 0.15) is 5.75 Å². The fourth-order valence-electron chi connectivity index (χ4n) is 2.96. The van der Waals surface area contributed by atoms with Crippen LogP contribution in [0, 0.1) is 10.1 Å². The number of nitrogens with zero attached hydrogens (tertiary/aromatic N) is 5. The van der Waals surface area contributed by atoms with Crippen LogP contribution in [0.4, 0.5) is 10.8 Å². The second-order valence-electron chi connectivity index (χ2n) is 6.78. The minimum Gasteiger partial charge on any atom is -0.497 e. The molecule has 1 N–H and O–H groups in total. The van der Waals surface area contributed by atoms with Gasteiger partial charge in [0.2, 0.25) is 5.91 Å². The zero-order chi connectivity index (χ0) is 23.4. The molecule has 33 heavy (non-hydrogen) atoms. The van der Waals surface area contributed by atoms with E-state index >= 15 is 0 Å². The van der Waals surface area contributed by atoms with Crippen LogP contribution in [-0.2, 0) is 11.8 Å². The van der Waals surface area contributed by atoms with Crippen molar-refractivity contribution in [2.24, 2.45) is 7.05 Å². The number of hydrogen-bond acceptors (Lipinski definition) is 9. The Labute approximate surface area is 196 Å². The first-order valence-electron chi connectivity index (χ1n) is 9.61. The summed E-state index contributed by atoms with van der Waals surface area (Å²) in [5, 5.41) is 24.9. The maximum Gasteiger partial charge on any atom is 0.270 e. The summed E-state index contributed by atoms with van der Waals surface area (Å²) in [4.78, 5) is 27.3. The zero-order valence-electron chi connectivity index (χ0n) is 17.6. The molecule has 0 saturated heterocycles. The summed E-state index contributed by atoms with van der Waals surface area (Å²) < 4.78 is 7.00. The molecule has 2 heterocycles. The summed E-state index contributed by atoms with van der Waals surface area (Å²) in [7, 11) is 3.45. The van der Waals surface area contributed by atoms with Gasteiger partial charge < -0.3 is 14.6 Å². The number of methoxy groups -OCH3 is 1. The van der Waals surface area contributed by atoms with Gasteiger partial charge in [0, 0.05) is 35.7 Å². The van der Waals surface area contributed by atoms with Crippen molar-refractivity contribution in [3.8, 4) is 28.4 Å². The lowest BCUT2D eigenvalue weighted by Gasteiger charge is -2.05. The Kier molecular flexibility index (Phi) is 6.66. The molecular formula is C21H18N6O4S2. The highest BCUT2D eigenvalue weighted by molar-refractivity contribution is 7.99. The molecule has 0 saturated carbocycles. The minimum atomic E-state index is -0.456. The average molecular weight is 483 g/mol. The summed E-state index contributed by atoms with van der Waals surface area (Å²) >= 11 is 2.51. The molecule has 0 atom stereocenters. The second kappa shape index (κ2) is 9.79. The molecule has 168 valence electrons. The lowest BCUT2D eigenvalue weighted by atomic mass is 10.1. The fourth-order valence-corrected chi connectivity index (χ4v) is 4.41. The van der Waals surface area contributed by atoms with Crippen molar-refractivity contribution in [3.05, 3.63) is 64.0 Å². The molecule has 0 aliphatic rings. The smallest absolute Gasteiger partial charge is 0.270 e. The maximum absolute atomic E-state index is 12.4. The number of nitro groups is 1. The second-order valence-corrected chi connectivity index (χ2v) is 8.58. The van der Waals surface area contributed by atoms with Gasteiger partial charge in [0.25, 0.3) is 5.69 Å². The first-order chi connectivity index (χ1) is 15.9. The first kappa shape index (κ1) is 22.4. The third-order valence-electron chi connectivity index (χ3n) is 4.62. The van der Waals surface area contributed by atoms with E-state index in [1.54, 1.807) is 24.6 Å². The van der Waals surface area contributed by atoms with Gasteiger partial charge in [-0.2, -0.15) is 0 Å². The predicted octanol–water partition coefficient (Wildman–Crippen LogP) is 4.25. The van der Waals surface area contributed by atoms with Crippen LogP contribution in [0.1, 0.15) is 0 Å². The monoisotopic (exact) mass is 482 g/mol. The van der Waals surface area contributed by atoms with Crippen molar-refractivity contribution >= 4 is 39.8 Å². The molecule has 2 aromatic heterocycles. The number of rotatable bonds is 8.